The maximum absolute atomic E-state index is 12.1. The number of aliphatic imine (C=N–C) groups is 1. The molecule has 162 valence electrons. The lowest BCUT2D eigenvalue weighted by Crippen LogP contribution is -2.42. The van der Waals surface area contributed by atoms with Crippen LogP contribution in [0, 0.1) is 6.92 Å². The van der Waals surface area contributed by atoms with Gasteiger partial charge in [0.1, 0.15) is 0 Å². The van der Waals surface area contributed by atoms with Crippen LogP contribution in [0.3, 0.4) is 0 Å². The zero-order chi connectivity index (χ0) is 22.1. The van der Waals surface area contributed by atoms with Crippen molar-refractivity contribution in [2.24, 2.45) is 4.99 Å². The maximum atomic E-state index is 12.1. The number of hydrogen-bond donors (Lipinski definition) is 2. The van der Waals surface area contributed by atoms with E-state index in [2.05, 4.69) is 65.8 Å². The topological polar surface area (TPSA) is 60.0 Å². The van der Waals surface area contributed by atoms with Crippen molar-refractivity contribution in [3.8, 4) is 0 Å². The van der Waals surface area contributed by atoms with Crippen LogP contribution in [-0.4, -0.2) is 70.0 Å². The van der Waals surface area contributed by atoms with Crippen molar-refractivity contribution < 1.29 is 4.79 Å². The molecule has 2 rings (SSSR count). The van der Waals surface area contributed by atoms with Crippen molar-refractivity contribution in [3.05, 3.63) is 70.8 Å². The van der Waals surface area contributed by atoms with E-state index in [1.165, 1.54) is 11.1 Å². The lowest BCUT2D eigenvalue weighted by Gasteiger charge is -2.26. The van der Waals surface area contributed by atoms with Gasteiger partial charge in [0.15, 0.2) is 5.96 Å². The van der Waals surface area contributed by atoms with Gasteiger partial charge in [0.25, 0.3) is 5.91 Å². The summed E-state index contributed by atoms with van der Waals surface area (Å²) in [6.07, 6.45) is 0.810. The molecule has 2 aromatic rings. The standard InChI is InChI=1S/C24H35N5O/c1-18-10-12-20(13-11-18)22(28(3)4)17-27-24(25-2)26-15-14-19-8-7-9-21(16-19)23(30)29(5)6/h7-13,16,22H,14-15,17H2,1-6H3,(H2,25,26,27). The summed E-state index contributed by atoms with van der Waals surface area (Å²) in [6.45, 7) is 3.59. The number of carbonyl (C=O) groups excluding carboxylic acids is 1. The number of nitrogens with one attached hydrogen (secondary N) is 2. The van der Waals surface area contributed by atoms with Gasteiger partial charge < -0.3 is 20.4 Å². The molecular formula is C24H35N5O. The minimum Gasteiger partial charge on any atom is -0.356 e. The van der Waals surface area contributed by atoms with Gasteiger partial charge in [0.2, 0.25) is 0 Å². The molecule has 6 nitrogen and oxygen atoms in total. The highest BCUT2D eigenvalue weighted by Crippen LogP contribution is 2.17. The molecule has 6 heteroatoms. The third kappa shape index (κ3) is 6.88. The van der Waals surface area contributed by atoms with Crippen LogP contribution in [0.1, 0.15) is 33.1 Å². The number of rotatable bonds is 8. The Hall–Kier alpha value is -2.86. The van der Waals surface area contributed by atoms with E-state index in [1.54, 1.807) is 26.0 Å². The van der Waals surface area contributed by atoms with Crippen molar-refractivity contribution in [3.63, 3.8) is 0 Å². The van der Waals surface area contributed by atoms with E-state index in [0.29, 0.717) is 5.56 Å². The van der Waals surface area contributed by atoms with E-state index in [0.717, 1.165) is 31.0 Å². The fraction of sp³-hybridized carbons (Fsp3) is 0.417. The van der Waals surface area contributed by atoms with Crippen molar-refractivity contribution >= 4 is 11.9 Å². The van der Waals surface area contributed by atoms with E-state index in [1.807, 2.05) is 24.3 Å². The zero-order valence-corrected chi connectivity index (χ0v) is 19.1. The van der Waals surface area contributed by atoms with Crippen LogP contribution in [-0.2, 0) is 6.42 Å². The smallest absolute Gasteiger partial charge is 0.253 e. The molecule has 0 aliphatic carbocycles. The first-order valence-electron chi connectivity index (χ1n) is 10.3. The van der Waals surface area contributed by atoms with E-state index >= 15 is 0 Å². The van der Waals surface area contributed by atoms with E-state index in [9.17, 15) is 4.79 Å². The van der Waals surface area contributed by atoms with E-state index in [-0.39, 0.29) is 11.9 Å². The van der Waals surface area contributed by atoms with Crippen molar-refractivity contribution in [1.29, 1.82) is 0 Å². The summed E-state index contributed by atoms with van der Waals surface area (Å²) in [5.74, 6) is 0.794. The molecule has 0 aromatic heterocycles. The van der Waals surface area contributed by atoms with Crippen LogP contribution in [0.5, 0.6) is 0 Å². The fourth-order valence-corrected chi connectivity index (χ4v) is 3.24. The van der Waals surface area contributed by atoms with Gasteiger partial charge in [-0.15, -0.1) is 0 Å². The molecule has 2 N–H and O–H groups in total. The summed E-state index contributed by atoms with van der Waals surface area (Å²) in [7, 11) is 9.49. The number of nitrogens with zero attached hydrogens (tertiary/aromatic N) is 3. The normalized spacial score (nSPS) is 12.6. The Labute approximate surface area is 181 Å². The Morgan fingerprint density at radius 2 is 1.73 bits per heavy atom. The van der Waals surface area contributed by atoms with Crippen LogP contribution in [0.2, 0.25) is 0 Å². The number of benzene rings is 2. The number of aryl methyl sites for hydroxylation is 1. The molecule has 0 aliphatic heterocycles. The number of hydrogen-bond acceptors (Lipinski definition) is 3. The molecule has 1 atom stereocenters. The average molecular weight is 410 g/mol. The molecule has 1 amide bonds. The third-order valence-corrected chi connectivity index (χ3v) is 5.06. The van der Waals surface area contributed by atoms with Gasteiger partial charge in [-0.1, -0.05) is 42.0 Å². The first-order chi connectivity index (χ1) is 14.3. The van der Waals surface area contributed by atoms with Gasteiger partial charge in [-0.3, -0.25) is 9.79 Å². The monoisotopic (exact) mass is 409 g/mol. The molecule has 0 heterocycles. The summed E-state index contributed by atoms with van der Waals surface area (Å²) in [5.41, 5.74) is 4.37. The number of amides is 1. The van der Waals surface area contributed by atoms with Crippen LogP contribution in [0.25, 0.3) is 0 Å². The van der Waals surface area contributed by atoms with Crippen LogP contribution < -0.4 is 10.6 Å². The molecule has 2 aromatic carbocycles. The second-order valence-corrected chi connectivity index (χ2v) is 7.92. The Bertz CT molecular complexity index is 843. The fourth-order valence-electron chi connectivity index (χ4n) is 3.24. The quantitative estimate of drug-likeness (QED) is 0.520. The SMILES string of the molecule is CN=C(NCCc1cccc(C(=O)N(C)C)c1)NCC(c1ccc(C)cc1)N(C)C. The van der Waals surface area contributed by atoms with Crippen molar-refractivity contribution in [1.82, 2.24) is 20.4 Å². The van der Waals surface area contributed by atoms with Gasteiger partial charge >= 0.3 is 0 Å². The average Bonchev–Trinajstić information content (AvgIpc) is 2.73. The highest BCUT2D eigenvalue weighted by atomic mass is 16.2. The lowest BCUT2D eigenvalue weighted by molar-refractivity contribution is 0.0827. The van der Waals surface area contributed by atoms with Gasteiger partial charge in [0.05, 0.1) is 6.04 Å². The predicted molar refractivity (Wildman–Crippen MR) is 125 cm³/mol. The zero-order valence-electron chi connectivity index (χ0n) is 19.1. The van der Waals surface area contributed by atoms with Crippen molar-refractivity contribution in [2.45, 2.75) is 19.4 Å². The maximum Gasteiger partial charge on any atom is 0.253 e. The van der Waals surface area contributed by atoms with Gasteiger partial charge in [-0.05, 0) is 50.7 Å². The largest absolute Gasteiger partial charge is 0.356 e. The van der Waals surface area contributed by atoms with Gasteiger partial charge in [0, 0.05) is 39.8 Å². The van der Waals surface area contributed by atoms with Gasteiger partial charge in [-0.25, -0.2) is 0 Å². The Balaban J connectivity index is 1.89. The Morgan fingerprint density at radius 3 is 2.33 bits per heavy atom. The van der Waals surface area contributed by atoms with Crippen LogP contribution in [0.15, 0.2) is 53.5 Å². The molecule has 30 heavy (non-hydrogen) atoms. The first kappa shape index (κ1) is 23.4. The molecule has 0 bridgehead atoms. The Morgan fingerprint density at radius 1 is 1.03 bits per heavy atom. The molecule has 0 aliphatic rings. The highest BCUT2D eigenvalue weighted by molar-refractivity contribution is 5.94. The second-order valence-electron chi connectivity index (χ2n) is 7.92. The third-order valence-electron chi connectivity index (χ3n) is 5.06. The van der Waals surface area contributed by atoms with Gasteiger partial charge in [-0.2, -0.15) is 0 Å². The molecule has 0 radical (unpaired) electrons. The van der Waals surface area contributed by atoms with Crippen LogP contribution >= 0.6 is 0 Å². The molecule has 0 saturated carbocycles. The molecule has 0 spiro atoms. The second kappa shape index (κ2) is 11.4. The minimum atomic E-state index is 0.0214. The number of likely N-dealkylation sites (N-methyl/N-ethyl adjacent to an activating group) is 1. The van der Waals surface area contributed by atoms with E-state index in [4.69, 9.17) is 0 Å². The van der Waals surface area contributed by atoms with E-state index < -0.39 is 0 Å². The summed E-state index contributed by atoms with van der Waals surface area (Å²) >= 11 is 0. The number of carbonyl (C=O) groups is 1. The summed E-state index contributed by atoms with van der Waals surface area (Å²) in [4.78, 5) is 20.3. The minimum absolute atomic E-state index is 0.0214. The number of guanidine groups is 1. The summed E-state index contributed by atoms with van der Waals surface area (Å²) in [6, 6.07) is 16.7. The molecule has 0 fully saturated rings. The Kier molecular flexibility index (Phi) is 8.87. The first-order valence-corrected chi connectivity index (χ1v) is 10.3. The summed E-state index contributed by atoms with van der Waals surface area (Å²) < 4.78 is 0. The summed E-state index contributed by atoms with van der Waals surface area (Å²) in [5, 5.41) is 6.80. The van der Waals surface area contributed by atoms with Crippen molar-refractivity contribution in [2.75, 3.05) is 48.3 Å². The highest BCUT2D eigenvalue weighted by Gasteiger charge is 2.14. The molecular weight excluding hydrogens is 374 g/mol. The molecule has 0 saturated heterocycles. The predicted octanol–water partition coefficient (Wildman–Crippen LogP) is 2.71. The van der Waals surface area contributed by atoms with Crippen LogP contribution in [0.4, 0.5) is 0 Å². The molecule has 1 unspecified atom stereocenters. The lowest BCUT2D eigenvalue weighted by atomic mass is 10.0.